The maximum absolute atomic E-state index is 13.0. The molecule has 7 heteroatoms. The normalized spacial score (nSPS) is 15.6. The second-order valence-electron chi connectivity index (χ2n) is 7.02. The molecule has 0 aromatic heterocycles. The van der Waals surface area contributed by atoms with E-state index in [9.17, 15) is 23.2 Å². The number of amides is 1. The number of esters is 1. The topological polar surface area (TPSA) is 63.7 Å². The molecule has 1 saturated heterocycles. The van der Waals surface area contributed by atoms with Crippen molar-refractivity contribution in [1.82, 2.24) is 4.90 Å². The molecule has 5 nitrogen and oxygen atoms in total. The summed E-state index contributed by atoms with van der Waals surface area (Å²) in [4.78, 5) is 38.8. The molecular formula is C22H21F2NO4. The van der Waals surface area contributed by atoms with E-state index in [1.54, 1.807) is 4.90 Å². The molecule has 2 aromatic rings. The van der Waals surface area contributed by atoms with Crippen molar-refractivity contribution < 1.29 is 27.9 Å². The van der Waals surface area contributed by atoms with Crippen molar-refractivity contribution in [3.63, 3.8) is 0 Å². The van der Waals surface area contributed by atoms with Gasteiger partial charge in [0.2, 0.25) is 5.78 Å². The maximum Gasteiger partial charge on any atom is 0.309 e. The Morgan fingerprint density at radius 3 is 1.90 bits per heavy atom. The summed E-state index contributed by atoms with van der Waals surface area (Å²) in [6.07, 6.45) is -0.140. The van der Waals surface area contributed by atoms with Gasteiger partial charge >= 0.3 is 5.97 Å². The van der Waals surface area contributed by atoms with Crippen LogP contribution in [0.1, 0.15) is 40.5 Å². The van der Waals surface area contributed by atoms with Gasteiger partial charge in [-0.2, -0.15) is 0 Å². The highest BCUT2D eigenvalue weighted by atomic mass is 19.1. The number of benzene rings is 2. The molecule has 0 aliphatic carbocycles. The van der Waals surface area contributed by atoms with Crippen molar-refractivity contribution in [2.45, 2.75) is 25.9 Å². The van der Waals surface area contributed by atoms with Crippen LogP contribution in [-0.4, -0.2) is 41.8 Å². The van der Waals surface area contributed by atoms with Gasteiger partial charge < -0.3 is 9.64 Å². The summed E-state index contributed by atoms with van der Waals surface area (Å²) in [5.74, 6) is -2.36. The summed E-state index contributed by atoms with van der Waals surface area (Å²) >= 11 is 0. The standard InChI is InChI=1S/C22H21F2NO4/c1-14(20(26)15-2-6-18(23)7-3-15)29-22(28)17-10-12-25(13-11-17)21(27)16-4-8-19(24)9-5-16/h2-9,14,17H,10-13H2,1H3/t14-/m1/s1. The molecule has 0 N–H and O–H groups in total. The zero-order valence-electron chi connectivity index (χ0n) is 15.9. The third kappa shape index (κ3) is 5.04. The fourth-order valence-corrected chi connectivity index (χ4v) is 3.27. The molecule has 1 aliphatic rings. The average Bonchev–Trinajstić information content (AvgIpc) is 2.74. The Kier molecular flexibility index (Phi) is 6.36. The van der Waals surface area contributed by atoms with Gasteiger partial charge in [-0.3, -0.25) is 14.4 Å². The highest BCUT2D eigenvalue weighted by molar-refractivity contribution is 6.00. The summed E-state index contributed by atoms with van der Waals surface area (Å²) in [5.41, 5.74) is 0.664. The van der Waals surface area contributed by atoms with Gasteiger partial charge in [0, 0.05) is 24.2 Å². The SMILES string of the molecule is C[C@@H](OC(=O)C1CCN(C(=O)c2ccc(F)cc2)CC1)C(=O)c1ccc(F)cc1. The number of likely N-dealkylation sites (tertiary alicyclic amines) is 1. The Morgan fingerprint density at radius 1 is 0.897 bits per heavy atom. The molecule has 1 amide bonds. The van der Waals surface area contributed by atoms with Crippen molar-refractivity contribution in [3.8, 4) is 0 Å². The van der Waals surface area contributed by atoms with Crippen LogP contribution in [0, 0.1) is 17.6 Å². The summed E-state index contributed by atoms with van der Waals surface area (Å²) in [7, 11) is 0. The first-order valence-corrected chi connectivity index (χ1v) is 9.40. The minimum Gasteiger partial charge on any atom is -0.454 e. The number of Topliss-reactive ketones (excluding diaryl/α,β-unsaturated/α-hetero) is 1. The zero-order valence-corrected chi connectivity index (χ0v) is 15.9. The van der Waals surface area contributed by atoms with Crippen molar-refractivity contribution in [1.29, 1.82) is 0 Å². The van der Waals surface area contributed by atoms with Gasteiger partial charge in [-0.05, 0) is 68.3 Å². The monoisotopic (exact) mass is 401 g/mol. The zero-order chi connectivity index (χ0) is 21.0. The fourth-order valence-electron chi connectivity index (χ4n) is 3.27. The molecule has 29 heavy (non-hydrogen) atoms. The molecule has 3 rings (SSSR count). The number of ketones is 1. The van der Waals surface area contributed by atoms with Crippen LogP contribution < -0.4 is 0 Å². The van der Waals surface area contributed by atoms with Crippen LogP contribution in [0.2, 0.25) is 0 Å². The molecule has 0 radical (unpaired) electrons. The molecule has 0 bridgehead atoms. The molecule has 1 heterocycles. The van der Waals surface area contributed by atoms with Crippen molar-refractivity contribution in [2.75, 3.05) is 13.1 Å². The van der Waals surface area contributed by atoms with Crippen LogP contribution in [0.5, 0.6) is 0 Å². The summed E-state index contributed by atoms with van der Waals surface area (Å²) in [6.45, 7) is 2.23. The minimum absolute atomic E-state index is 0.211. The number of hydrogen-bond donors (Lipinski definition) is 0. The maximum atomic E-state index is 13.0. The van der Waals surface area contributed by atoms with Gasteiger partial charge in [0.25, 0.3) is 5.91 Å². The van der Waals surface area contributed by atoms with Crippen LogP contribution in [0.4, 0.5) is 8.78 Å². The van der Waals surface area contributed by atoms with Crippen molar-refractivity contribution >= 4 is 17.7 Å². The Morgan fingerprint density at radius 2 is 1.38 bits per heavy atom. The van der Waals surface area contributed by atoms with Gasteiger partial charge in [-0.25, -0.2) is 8.78 Å². The lowest BCUT2D eigenvalue weighted by Gasteiger charge is -2.31. The largest absolute Gasteiger partial charge is 0.454 e. The number of carbonyl (C=O) groups excluding carboxylic acids is 3. The molecule has 1 aliphatic heterocycles. The molecule has 1 atom stereocenters. The first-order chi connectivity index (χ1) is 13.8. The van der Waals surface area contributed by atoms with E-state index in [1.807, 2.05) is 0 Å². The van der Waals surface area contributed by atoms with E-state index in [1.165, 1.54) is 55.5 Å². The number of carbonyl (C=O) groups is 3. The van der Waals surface area contributed by atoms with E-state index in [0.717, 1.165) is 0 Å². The average molecular weight is 401 g/mol. The van der Waals surface area contributed by atoms with Crippen LogP contribution in [0.3, 0.4) is 0 Å². The van der Waals surface area contributed by atoms with E-state index in [0.29, 0.717) is 31.5 Å². The highest BCUT2D eigenvalue weighted by Gasteiger charge is 2.31. The van der Waals surface area contributed by atoms with E-state index in [-0.39, 0.29) is 11.5 Å². The number of halogens is 2. The second-order valence-corrected chi connectivity index (χ2v) is 7.02. The summed E-state index contributed by atoms with van der Waals surface area (Å²) < 4.78 is 31.3. The molecule has 1 fully saturated rings. The molecular weight excluding hydrogens is 380 g/mol. The van der Waals surface area contributed by atoms with Crippen LogP contribution in [0.15, 0.2) is 48.5 Å². The quantitative estimate of drug-likeness (QED) is 0.567. The van der Waals surface area contributed by atoms with E-state index in [2.05, 4.69) is 0 Å². The second kappa shape index (κ2) is 8.94. The van der Waals surface area contributed by atoms with Gasteiger partial charge in [-0.15, -0.1) is 0 Å². The lowest BCUT2D eigenvalue weighted by molar-refractivity contribution is -0.152. The number of nitrogens with zero attached hydrogens (tertiary/aromatic N) is 1. The predicted octanol–water partition coefficient (Wildman–Crippen LogP) is 3.63. The van der Waals surface area contributed by atoms with Gasteiger partial charge in [0.1, 0.15) is 11.6 Å². The van der Waals surface area contributed by atoms with E-state index < -0.39 is 35.4 Å². The van der Waals surface area contributed by atoms with Crippen LogP contribution in [0.25, 0.3) is 0 Å². The van der Waals surface area contributed by atoms with Gasteiger partial charge in [0.15, 0.2) is 6.10 Å². The van der Waals surface area contributed by atoms with Gasteiger partial charge in [-0.1, -0.05) is 0 Å². The van der Waals surface area contributed by atoms with E-state index >= 15 is 0 Å². The Labute approximate surface area is 167 Å². The van der Waals surface area contributed by atoms with Crippen molar-refractivity contribution in [2.24, 2.45) is 5.92 Å². The van der Waals surface area contributed by atoms with Crippen LogP contribution in [-0.2, 0) is 9.53 Å². The van der Waals surface area contributed by atoms with E-state index in [4.69, 9.17) is 4.74 Å². The Balaban J connectivity index is 1.51. The number of ether oxygens (including phenoxy) is 1. The number of rotatable bonds is 5. The molecule has 152 valence electrons. The lowest BCUT2D eigenvalue weighted by Crippen LogP contribution is -2.41. The third-order valence-corrected chi connectivity index (χ3v) is 5.00. The third-order valence-electron chi connectivity index (χ3n) is 5.00. The number of hydrogen-bond acceptors (Lipinski definition) is 4. The minimum atomic E-state index is -0.980. The fraction of sp³-hybridized carbons (Fsp3) is 0.318. The number of piperidine rings is 1. The summed E-state index contributed by atoms with van der Waals surface area (Å²) in [6, 6.07) is 10.4. The molecule has 0 unspecified atom stereocenters. The molecule has 2 aromatic carbocycles. The highest BCUT2D eigenvalue weighted by Crippen LogP contribution is 2.22. The Hall–Kier alpha value is -3.09. The predicted molar refractivity (Wildman–Crippen MR) is 101 cm³/mol. The molecule has 0 spiro atoms. The summed E-state index contributed by atoms with van der Waals surface area (Å²) in [5, 5.41) is 0. The van der Waals surface area contributed by atoms with Crippen molar-refractivity contribution in [3.05, 3.63) is 71.3 Å². The van der Waals surface area contributed by atoms with Gasteiger partial charge in [0.05, 0.1) is 5.92 Å². The smallest absolute Gasteiger partial charge is 0.309 e. The molecule has 0 saturated carbocycles. The van der Waals surface area contributed by atoms with Crippen LogP contribution >= 0.6 is 0 Å². The lowest BCUT2D eigenvalue weighted by atomic mass is 9.96. The first-order valence-electron chi connectivity index (χ1n) is 9.40. The Bertz CT molecular complexity index is 888. The first kappa shape index (κ1) is 20.6.